The molecular weight excluding hydrogens is 526 g/mol. The molecule has 1 saturated carbocycles. The van der Waals surface area contributed by atoms with Gasteiger partial charge in [0, 0.05) is 30.8 Å². The molecule has 4 rings (SSSR count). The lowest BCUT2D eigenvalue weighted by atomic mass is 10.1. The van der Waals surface area contributed by atoms with Crippen LogP contribution < -0.4 is 25.4 Å². The smallest absolute Gasteiger partial charge is 0.242 e. The number of hydrogen-bond donors (Lipinski definition) is 3. The number of fused-ring (bicyclic) bond motifs is 1. The first-order valence-electron chi connectivity index (χ1n) is 10.6. The first-order chi connectivity index (χ1) is 15.2. The molecule has 0 aromatic heterocycles. The van der Waals surface area contributed by atoms with Crippen molar-refractivity contribution in [2.75, 3.05) is 31.6 Å². The Morgan fingerprint density at radius 1 is 1.09 bits per heavy atom. The van der Waals surface area contributed by atoms with Gasteiger partial charge in [0.05, 0.1) is 13.2 Å². The fourth-order valence-corrected chi connectivity index (χ4v) is 3.19. The van der Waals surface area contributed by atoms with E-state index in [9.17, 15) is 9.18 Å². The molecule has 2 aliphatic rings. The highest BCUT2D eigenvalue weighted by atomic mass is 127. The average Bonchev–Trinajstić information content (AvgIpc) is 3.58. The molecule has 1 heterocycles. The number of amides is 1. The highest BCUT2D eigenvalue weighted by molar-refractivity contribution is 14.0. The van der Waals surface area contributed by atoms with Crippen molar-refractivity contribution in [3.05, 3.63) is 53.8 Å². The zero-order valence-electron chi connectivity index (χ0n) is 17.7. The third kappa shape index (κ3) is 7.54. The minimum atomic E-state index is -0.256. The van der Waals surface area contributed by atoms with E-state index in [1.807, 2.05) is 24.3 Å². The number of aliphatic imine (C=N–C) groups is 1. The van der Waals surface area contributed by atoms with Crippen LogP contribution in [0.4, 0.5) is 10.1 Å². The summed E-state index contributed by atoms with van der Waals surface area (Å²) >= 11 is 0. The predicted molar refractivity (Wildman–Crippen MR) is 133 cm³/mol. The van der Waals surface area contributed by atoms with Crippen LogP contribution in [-0.4, -0.2) is 44.2 Å². The number of carbonyl (C=O) groups is 1. The van der Waals surface area contributed by atoms with E-state index in [2.05, 4.69) is 20.9 Å². The van der Waals surface area contributed by atoms with Gasteiger partial charge < -0.3 is 25.4 Å². The van der Waals surface area contributed by atoms with Gasteiger partial charge in [0.2, 0.25) is 5.91 Å². The average molecular weight is 554 g/mol. The Hall–Kier alpha value is -2.56. The van der Waals surface area contributed by atoms with Crippen molar-refractivity contribution in [3.8, 4) is 11.5 Å². The van der Waals surface area contributed by atoms with Gasteiger partial charge >= 0.3 is 0 Å². The fourth-order valence-electron chi connectivity index (χ4n) is 3.19. The number of anilines is 1. The predicted octanol–water partition coefficient (Wildman–Crippen LogP) is 3.48. The minimum Gasteiger partial charge on any atom is -0.490 e. The molecule has 0 saturated heterocycles. The minimum absolute atomic E-state index is 0. The molecule has 3 N–H and O–H groups in total. The van der Waals surface area contributed by atoms with Crippen LogP contribution in [0.5, 0.6) is 11.5 Å². The third-order valence-electron chi connectivity index (χ3n) is 4.93. The zero-order chi connectivity index (χ0) is 21.5. The van der Waals surface area contributed by atoms with Gasteiger partial charge in [-0.25, -0.2) is 9.38 Å². The van der Waals surface area contributed by atoms with Crippen molar-refractivity contribution in [2.45, 2.75) is 31.7 Å². The van der Waals surface area contributed by atoms with Crippen molar-refractivity contribution in [3.63, 3.8) is 0 Å². The van der Waals surface area contributed by atoms with Crippen LogP contribution >= 0.6 is 24.0 Å². The van der Waals surface area contributed by atoms with Crippen LogP contribution in [0, 0.1) is 5.82 Å². The number of nitrogens with one attached hydrogen (secondary N) is 3. The Morgan fingerprint density at radius 2 is 1.91 bits per heavy atom. The summed E-state index contributed by atoms with van der Waals surface area (Å²) in [5.41, 5.74) is 1.65. The van der Waals surface area contributed by atoms with Gasteiger partial charge in [0.15, 0.2) is 17.5 Å². The van der Waals surface area contributed by atoms with Gasteiger partial charge in [0.1, 0.15) is 12.4 Å². The molecule has 7 nitrogen and oxygen atoms in total. The maximum Gasteiger partial charge on any atom is 0.242 e. The van der Waals surface area contributed by atoms with Crippen molar-refractivity contribution in [1.82, 2.24) is 10.6 Å². The van der Waals surface area contributed by atoms with E-state index < -0.39 is 0 Å². The number of carbonyl (C=O) groups excluding carboxylic acids is 1. The van der Waals surface area contributed by atoms with E-state index in [1.165, 1.54) is 12.1 Å². The number of guanidine groups is 1. The van der Waals surface area contributed by atoms with Crippen LogP contribution in [0.3, 0.4) is 0 Å². The topological polar surface area (TPSA) is 84.0 Å². The summed E-state index contributed by atoms with van der Waals surface area (Å²) in [6.45, 7) is 1.79. The lowest BCUT2D eigenvalue weighted by Gasteiger charge is -2.15. The van der Waals surface area contributed by atoms with Crippen LogP contribution in [0.1, 0.15) is 24.8 Å². The second kappa shape index (κ2) is 11.9. The quantitative estimate of drug-likeness (QED) is 0.278. The van der Waals surface area contributed by atoms with Gasteiger partial charge in [0.25, 0.3) is 0 Å². The van der Waals surface area contributed by atoms with E-state index in [-0.39, 0.29) is 42.2 Å². The summed E-state index contributed by atoms with van der Waals surface area (Å²) in [5, 5.41) is 9.37. The molecule has 1 aliphatic heterocycles. The van der Waals surface area contributed by atoms with Crippen LogP contribution in [-0.2, 0) is 11.2 Å². The summed E-state index contributed by atoms with van der Waals surface area (Å²) in [6, 6.07) is 12.4. The number of ether oxygens (including phenoxy) is 2. The molecule has 0 unspecified atom stereocenters. The van der Waals surface area contributed by atoms with E-state index in [0.717, 1.165) is 30.5 Å². The van der Waals surface area contributed by atoms with Gasteiger partial charge in [-0.15, -0.1) is 24.0 Å². The lowest BCUT2D eigenvalue weighted by Crippen LogP contribution is -2.35. The highest BCUT2D eigenvalue weighted by Gasteiger charge is 2.22. The third-order valence-corrected chi connectivity index (χ3v) is 4.93. The molecule has 1 amide bonds. The number of benzene rings is 2. The highest BCUT2D eigenvalue weighted by Crippen LogP contribution is 2.32. The number of halogens is 2. The molecule has 0 atom stereocenters. The Morgan fingerprint density at radius 3 is 2.69 bits per heavy atom. The Bertz CT molecular complexity index is 953. The molecule has 9 heteroatoms. The summed E-state index contributed by atoms with van der Waals surface area (Å²) in [7, 11) is 0. The number of rotatable bonds is 7. The van der Waals surface area contributed by atoms with Gasteiger partial charge in [-0.05, 0) is 49.1 Å². The second-order valence-corrected chi connectivity index (χ2v) is 7.65. The van der Waals surface area contributed by atoms with Crippen LogP contribution in [0.15, 0.2) is 47.5 Å². The summed E-state index contributed by atoms with van der Waals surface area (Å²) in [6.07, 6.45) is 3.52. The maximum absolute atomic E-state index is 13.4. The van der Waals surface area contributed by atoms with Crippen LogP contribution in [0.25, 0.3) is 0 Å². The molecule has 32 heavy (non-hydrogen) atoms. The molecule has 0 radical (unpaired) electrons. The first-order valence-corrected chi connectivity index (χ1v) is 10.6. The zero-order valence-corrected chi connectivity index (χ0v) is 20.1. The van der Waals surface area contributed by atoms with E-state index in [1.54, 1.807) is 6.07 Å². The molecular formula is C23H28FIN4O3. The van der Waals surface area contributed by atoms with E-state index in [0.29, 0.717) is 49.7 Å². The molecule has 0 spiro atoms. The lowest BCUT2D eigenvalue weighted by molar-refractivity contribution is -0.119. The largest absolute Gasteiger partial charge is 0.490 e. The normalized spacial score (nSPS) is 15.2. The molecule has 2 aromatic rings. The summed E-state index contributed by atoms with van der Waals surface area (Å²) < 4.78 is 24.8. The second-order valence-electron chi connectivity index (χ2n) is 7.65. The monoisotopic (exact) mass is 554 g/mol. The molecule has 1 aliphatic carbocycles. The molecule has 172 valence electrons. The number of nitrogens with zero attached hydrogens (tertiary/aromatic N) is 1. The van der Waals surface area contributed by atoms with Crippen molar-refractivity contribution in [1.29, 1.82) is 0 Å². The molecule has 0 bridgehead atoms. The molecule has 2 aromatic carbocycles. The Labute approximate surface area is 204 Å². The van der Waals surface area contributed by atoms with Crippen LogP contribution in [0.2, 0.25) is 0 Å². The van der Waals surface area contributed by atoms with Gasteiger partial charge in [-0.3, -0.25) is 4.79 Å². The summed E-state index contributed by atoms with van der Waals surface area (Å²) in [5.74, 6) is 1.50. The maximum atomic E-state index is 13.4. The van der Waals surface area contributed by atoms with Gasteiger partial charge in [-0.2, -0.15) is 0 Å². The van der Waals surface area contributed by atoms with Crippen molar-refractivity contribution < 1.29 is 18.7 Å². The van der Waals surface area contributed by atoms with Gasteiger partial charge in [-0.1, -0.05) is 12.1 Å². The van der Waals surface area contributed by atoms with E-state index >= 15 is 0 Å². The fraction of sp³-hybridized carbons (Fsp3) is 0.391. The molecule has 1 fully saturated rings. The number of hydrogen-bond acceptors (Lipinski definition) is 4. The van der Waals surface area contributed by atoms with Crippen molar-refractivity contribution in [2.24, 2.45) is 4.99 Å². The summed E-state index contributed by atoms with van der Waals surface area (Å²) in [4.78, 5) is 16.5. The van der Waals surface area contributed by atoms with E-state index in [4.69, 9.17) is 9.47 Å². The standard InChI is InChI=1S/C23H27FN4O3.HI/c24-17-4-1-3-16(13-17)9-10-25-23(26-15-22(29)27-18-5-6-18)28-19-7-8-20-21(14-19)31-12-2-11-30-20;/h1,3-4,7-8,13-14,18H,2,5-6,9-12,15H2,(H,27,29)(H2,25,26,28);1H. The van der Waals surface area contributed by atoms with Crippen molar-refractivity contribution >= 4 is 41.5 Å². The Balaban J connectivity index is 0.00000289. The first kappa shape index (κ1) is 24.1. The Kier molecular flexibility index (Phi) is 8.95. The SMILES string of the molecule is I.O=C(CN=C(NCCc1cccc(F)c1)Nc1ccc2c(c1)OCCCO2)NC1CC1.